The Labute approximate surface area is 172 Å². The number of benzene rings is 1. The third-order valence-electron chi connectivity index (χ3n) is 6.04. The highest BCUT2D eigenvalue weighted by molar-refractivity contribution is 7.80. The largest absolute Gasteiger partial charge is 0.481 e. The quantitative estimate of drug-likeness (QED) is 0.182. The number of carboxylic acids is 1. The van der Waals surface area contributed by atoms with E-state index in [4.69, 9.17) is 17.3 Å². The molecule has 2 aliphatic rings. The topological polar surface area (TPSA) is 73.7 Å². The first kappa shape index (κ1) is 20.5. The second-order valence-electron chi connectivity index (χ2n) is 7.77. The zero-order chi connectivity index (χ0) is 19.9. The molecule has 3 rings (SSSR count). The van der Waals surface area contributed by atoms with Gasteiger partial charge in [0.1, 0.15) is 0 Å². The first-order valence-corrected chi connectivity index (χ1v) is 10.5. The zero-order valence-corrected chi connectivity index (χ0v) is 17.1. The number of hydrogen-bond donors (Lipinski definition) is 3. The van der Waals surface area contributed by atoms with Gasteiger partial charge in [-0.05, 0) is 81.1 Å². The number of thiocarbonyl (C=S) groups is 1. The number of anilines is 1. The predicted octanol–water partition coefficient (Wildman–Crippen LogP) is 4.82. The van der Waals surface area contributed by atoms with Crippen LogP contribution in [0.1, 0.15) is 45.4 Å². The summed E-state index contributed by atoms with van der Waals surface area (Å²) in [6.07, 6.45) is 9.84. The first-order valence-electron chi connectivity index (χ1n) is 10.1. The Balaban J connectivity index is 1.46. The number of unbranched alkanes of at least 4 members (excludes halogenated alkanes) is 1. The standard InChI is InChI=1S/C22H29N3O2S/c1-15(24-25-22(28)23-16-9-5-4-6-10-16)21-18(17-13-14-19(17)21)11-7-2-3-8-12-20(26)27/h2,4-7,9-10,17-19,21H,3,8,11-14H2,1H3,(H,26,27)(H2,23,25,28)/b7-2-,24-15+/t17?,18-,19?,21?/m0/s1. The summed E-state index contributed by atoms with van der Waals surface area (Å²) in [5.41, 5.74) is 5.06. The molecule has 2 aliphatic carbocycles. The number of allylic oxidation sites excluding steroid dienone is 2. The lowest BCUT2D eigenvalue weighted by Crippen LogP contribution is -2.56. The lowest BCUT2D eigenvalue weighted by molar-refractivity contribution is -0.137. The molecular formula is C22H29N3O2S. The molecule has 0 amide bonds. The number of rotatable bonds is 9. The van der Waals surface area contributed by atoms with Crippen LogP contribution in [0.5, 0.6) is 0 Å². The van der Waals surface area contributed by atoms with E-state index in [9.17, 15) is 4.79 Å². The van der Waals surface area contributed by atoms with Crippen molar-refractivity contribution in [2.75, 3.05) is 5.32 Å². The number of para-hydroxylation sites is 1. The number of carboxylic acid groups (broad SMARTS) is 1. The summed E-state index contributed by atoms with van der Waals surface area (Å²) in [7, 11) is 0. The van der Waals surface area contributed by atoms with Crippen LogP contribution < -0.4 is 10.7 Å². The molecule has 3 N–H and O–H groups in total. The molecule has 150 valence electrons. The second-order valence-corrected chi connectivity index (χ2v) is 8.18. The lowest BCUT2D eigenvalue weighted by Gasteiger charge is -2.59. The number of carbonyl (C=O) groups is 1. The Morgan fingerprint density at radius 3 is 2.68 bits per heavy atom. The molecule has 5 nitrogen and oxygen atoms in total. The number of nitrogens with zero attached hydrogens (tertiary/aromatic N) is 1. The molecule has 0 spiro atoms. The summed E-state index contributed by atoms with van der Waals surface area (Å²) in [6, 6.07) is 9.83. The normalized spacial score (nSPS) is 26.1. The van der Waals surface area contributed by atoms with E-state index in [-0.39, 0.29) is 6.42 Å². The molecule has 0 radical (unpaired) electrons. The van der Waals surface area contributed by atoms with E-state index in [1.807, 2.05) is 30.3 Å². The van der Waals surface area contributed by atoms with Crippen LogP contribution >= 0.6 is 12.2 Å². The third kappa shape index (κ3) is 5.19. The molecule has 6 heteroatoms. The van der Waals surface area contributed by atoms with E-state index < -0.39 is 5.97 Å². The van der Waals surface area contributed by atoms with Crippen molar-refractivity contribution in [3.05, 3.63) is 42.5 Å². The third-order valence-corrected chi connectivity index (χ3v) is 6.23. The van der Waals surface area contributed by atoms with Crippen molar-refractivity contribution in [1.82, 2.24) is 5.43 Å². The Morgan fingerprint density at radius 1 is 1.25 bits per heavy atom. The van der Waals surface area contributed by atoms with Gasteiger partial charge in [0.15, 0.2) is 5.11 Å². The maximum atomic E-state index is 10.6. The number of hydrogen-bond acceptors (Lipinski definition) is 3. The van der Waals surface area contributed by atoms with Gasteiger partial charge in [-0.1, -0.05) is 30.4 Å². The first-order chi connectivity index (χ1) is 13.6. The number of fused-ring (bicyclic) bond motifs is 1. The summed E-state index contributed by atoms with van der Waals surface area (Å²) in [5, 5.41) is 16.9. The number of nitrogens with one attached hydrogen (secondary N) is 2. The summed E-state index contributed by atoms with van der Waals surface area (Å²) in [4.78, 5) is 10.6. The number of aliphatic carboxylic acids is 1. The molecular weight excluding hydrogens is 370 g/mol. The average molecular weight is 400 g/mol. The zero-order valence-electron chi connectivity index (χ0n) is 16.3. The van der Waals surface area contributed by atoms with Crippen molar-refractivity contribution in [2.24, 2.45) is 28.8 Å². The average Bonchev–Trinajstić information content (AvgIpc) is 2.65. The summed E-state index contributed by atoms with van der Waals surface area (Å²) in [5.74, 6) is 2.05. The molecule has 3 unspecified atom stereocenters. The second kappa shape index (κ2) is 9.82. The van der Waals surface area contributed by atoms with Crippen LogP contribution in [-0.2, 0) is 4.79 Å². The van der Waals surface area contributed by atoms with Crippen molar-refractivity contribution in [1.29, 1.82) is 0 Å². The molecule has 2 fully saturated rings. The van der Waals surface area contributed by atoms with Crippen molar-refractivity contribution in [2.45, 2.75) is 45.4 Å². The van der Waals surface area contributed by atoms with E-state index in [1.54, 1.807) is 0 Å². The molecule has 28 heavy (non-hydrogen) atoms. The molecule has 0 bridgehead atoms. The Bertz CT molecular complexity index is 747. The maximum absolute atomic E-state index is 10.6. The molecule has 0 saturated heterocycles. The summed E-state index contributed by atoms with van der Waals surface area (Å²) < 4.78 is 0. The number of hydrazone groups is 1. The van der Waals surface area contributed by atoms with Crippen LogP contribution in [0.3, 0.4) is 0 Å². The van der Waals surface area contributed by atoms with Crippen molar-refractivity contribution >= 4 is 34.7 Å². The van der Waals surface area contributed by atoms with Crippen LogP contribution in [0.25, 0.3) is 0 Å². The lowest BCUT2D eigenvalue weighted by atomic mass is 9.45. The fourth-order valence-corrected chi connectivity index (χ4v) is 4.71. The Hall–Kier alpha value is -2.21. The highest BCUT2D eigenvalue weighted by Gasteiger charge is 2.55. The van der Waals surface area contributed by atoms with Gasteiger partial charge in [-0.15, -0.1) is 0 Å². The minimum absolute atomic E-state index is 0.245. The molecule has 0 aromatic heterocycles. The summed E-state index contributed by atoms with van der Waals surface area (Å²) in [6.45, 7) is 2.10. The van der Waals surface area contributed by atoms with Gasteiger partial charge in [0.25, 0.3) is 0 Å². The Kier molecular flexibility index (Phi) is 7.20. The van der Waals surface area contributed by atoms with Gasteiger partial charge >= 0.3 is 5.97 Å². The van der Waals surface area contributed by atoms with Crippen LogP contribution in [-0.4, -0.2) is 21.9 Å². The van der Waals surface area contributed by atoms with Crippen LogP contribution in [0.4, 0.5) is 5.69 Å². The highest BCUT2D eigenvalue weighted by Crippen LogP contribution is 2.60. The predicted molar refractivity (Wildman–Crippen MR) is 117 cm³/mol. The van der Waals surface area contributed by atoms with Gasteiger partial charge in [-0.2, -0.15) is 5.10 Å². The van der Waals surface area contributed by atoms with E-state index in [0.717, 1.165) is 36.1 Å². The van der Waals surface area contributed by atoms with Gasteiger partial charge in [0.2, 0.25) is 0 Å². The van der Waals surface area contributed by atoms with E-state index in [1.165, 1.54) is 12.8 Å². The van der Waals surface area contributed by atoms with Crippen LogP contribution in [0.2, 0.25) is 0 Å². The fourth-order valence-electron chi connectivity index (χ4n) is 4.54. The molecule has 1 aromatic rings. The summed E-state index contributed by atoms with van der Waals surface area (Å²) >= 11 is 5.34. The molecule has 0 heterocycles. The molecule has 1 aromatic carbocycles. The van der Waals surface area contributed by atoms with Crippen LogP contribution in [0, 0.1) is 23.7 Å². The monoisotopic (exact) mass is 399 g/mol. The maximum Gasteiger partial charge on any atom is 0.303 e. The fraction of sp³-hybridized carbons (Fsp3) is 0.500. The molecule has 0 aliphatic heterocycles. The molecule has 2 saturated carbocycles. The van der Waals surface area contributed by atoms with Gasteiger partial charge in [-0.3, -0.25) is 10.2 Å². The highest BCUT2D eigenvalue weighted by atomic mass is 32.1. The van der Waals surface area contributed by atoms with Crippen molar-refractivity contribution in [3.63, 3.8) is 0 Å². The van der Waals surface area contributed by atoms with Gasteiger partial charge < -0.3 is 10.4 Å². The van der Waals surface area contributed by atoms with Gasteiger partial charge in [0, 0.05) is 23.7 Å². The van der Waals surface area contributed by atoms with E-state index >= 15 is 0 Å². The smallest absolute Gasteiger partial charge is 0.303 e. The van der Waals surface area contributed by atoms with Crippen molar-refractivity contribution in [3.8, 4) is 0 Å². The molecule has 4 atom stereocenters. The van der Waals surface area contributed by atoms with Gasteiger partial charge in [-0.25, -0.2) is 0 Å². The Morgan fingerprint density at radius 2 is 2.00 bits per heavy atom. The minimum Gasteiger partial charge on any atom is -0.481 e. The van der Waals surface area contributed by atoms with E-state index in [0.29, 0.717) is 23.4 Å². The van der Waals surface area contributed by atoms with E-state index in [2.05, 4.69) is 34.9 Å². The van der Waals surface area contributed by atoms with Crippen LogP contribution in [0.15, 0.2) is 47.6 Å². The minimum atomic E-state index is -0.719. The van der Waals surface area contributed by atoms with Crippen molar-refractivity contribution < 1.29 is 9.90 Å². The SMILES string of the molecule is C/C(=N\NC(=S)Nc1ccccc1)C1C2CCC2[C@@H]1C/C=C\CCCC(=O)O. The van der Waals surface area contributed by atoms with Gasteiger partial charge in [0.05, 0.1) is 0 Å².